The summed E-state index contributed by atoms with van der Waals surface area (Å²) >= 11 is 4.87. The van der Waals surface area contributed by atoms with Gasteiger partial charge in [0.05, 0.1) is 6.61 Å². The minimum Gasteiger partial charge on any atom is -0.468 e. The number of nitrogens with one attached hydrogen (secondary N) is 2. The molecule has 1 heterocycles. The molecule has 0 atom stereocenters. The Labute approximate surface area is 130 Å². The summed E-state index contributed by atoms with van der Waals surface area (Å²) in [7, 11) is 0. The number of thiocarbonyl (C=S) groups is 1. The largest absolute Gasteiger partial charge is 0.468 e. The van der Waals surface area contributed by atoms with Gasteiger partial charge in [0.15, 0.2) is 11.7 Å². The molecule has 1 rings (SSSR count). The van der Waals surface area contributed by atoms with Gasteiger partial charge in [-0.2, -0.15) is 18.2 Å². The highest BCUT2D eigenvalue weighted by Crippen LogP contribution is 2.20. The van der Waals surface area contributed by atoms with Crippen LogP contribution in [0, 0.1) is 6.92 Å². The van der Waals surface area contributed by atoms with Crippen molar-refractivity contribution in [3.8, 4) is 5.88 Å². The first-order chi connectivity index (χ1) is 10.2. The van der Waals surface area contributed by atoms with Gasteiger partial charge in [0.25, 0.3) is 0 Å². The molecule has 0 aliphatic rings. The lowest BCUT2D eigenvalue weighted by molar-refractivity contribution is -0.154. The number of hydrogen-bond donors (Lipinski definition) is 2. The standard InChI is InChI=1S/C12H14F3N3O3S/c1-3-20-11(19)18-10(22)17-9-7(2)4-5-8(16-9)21-6-12(13,14)15/h4-5H,3,6H2,1-2H3,(H2,16,17,18,19,22). The number of anilines is 1. The number of aryl methyl sites for hydroxylation is 1. The van der Waals surface area contributed by atoms with Crippen molar-refractivity contribution in [2.24, 2.45) is 0 Å². The lowest BCUT2D eigenvalue weighted by Gasteiger charge is -2.13. The van der Waals surface area contributed by atoms with Gasteiger partial charge in [-0.15, -0.1) is 0 Å². The van der Waals surface area contributed by atoms with Crippen molar-refractivity contribution in [3.05, 3.63) is 17.7 Å². The Morgan fingerprint density at radius 1 is 1.41 bits per heavy atom. The number of amides is 1. The molecule has 0 aromatic carbocycles. The van der Waals surface area contributed by atoms with Crippen LogP contribution in [0.1, 0.15) is 12.5 Å². The van der Waals surface area contributed by atoms with Crippen LogP contribution in [0.4, 0.5) is 23.8 Å². The first-order valence-electron chi connectivity index (χ1n) is 6.13. The fourth-order valence-electron chi connectivity index (χ4n) is 1.27. The molecule has 0 radical (unpaired) electrons. The van der Waals surface area contributed by atoms with E-state index in [0.717, 1.165) is 0 Å². The van der Waals surface area contributed by atoms with Crippen molar-refractivity contribution in [1.82, 2.24) is 10.3 Å². The first-order valence-corrected chi connectivity index (χ1v) is 6.54. The minimum absolute atomic E-state index is 0.0954. The van der Waals surface area contributed by atoms with Crippen LogP contribution in [-0.2, 0) is 4.74 Å². The third kappa shape index (κ3) is 6.57. The van der Waals surface area contributed by atoms with Crippen LogP contribution >= 0.6 is 12.2 Å². The van der Waals surface area contributed by atoms with E-state index in [9.17, 15) is 18.0 Å². The van der Waals surface area contributed by atoms with E-state index in [-0.39, 0.29) is 23.4 Å². The van der Waals surface area contributed by atoms with E-state index in [1.807, 2.05) is 0 Å². The van der Waals surface area contributed by atoms with Crippen molar-refractivity contribution in [3.63, 3.8) is 0 Å². The molecular weight excluding hydrogens is 323 g/mol. The first kappa shape index (κ1) is 18.0. The van der Waals surface area contributed by atoms with Gasteiger partial charge in [-0.05, 0) is 31.6 Å². The second kappa shape index (κ2) is 7.78. The minimum atomic E-state index is -4.46. The van der Waals surface area contributed by atoms with E-state index in [2.05, 4.69) is 25.1 Å². The average molecular weight is 337 g/mol. The predicted octanol–water partition coefficient (Wildman–Crippen LogP) is 2.77. The van der Waals surface area contributed by atoms with Gasteiger partial charge in [0.1, 0.15) is 5.82 Å². The summed E-state index contributed by atoms with van der Waals surface area (Å²) < 4.78 is 45.5. The number of halogens is 3. The Bertz CT molecular complexity index is 552. The molecule has 10 heteroatoms. The van der Waals surface area contributed by atoms with E-state index in [4.69, 9.17) is 12.2 Å². The zero-order valence-electron chi connectivity index (χ0n) is 11.8. The maximum absolute atomic E-state index is 12.1. The Balaban J connectivity index is 2.69. The summed E-state index contributed by atoms with van der Waals surface area (Å²) in [6.45, 7) is 2.01. The van der Waals surface area contributed by atoms with Crippen LogP contribution in [0.15, 0.2) is 12.1 Å². The maximum atomic E-state index is 12.1. The smallest absolute Gasteiger partial charge is 0.422 e. The normalized spacial score (nSPS) is 10.8. The molecule has 0 aliphatic carbocycles. The van der Waals surface area contributed by atoms with E-state index in [1.165, 1.54) is 12.1 Å². The Kier molecular flexibility index (Phi) is 6.35. The van der Waals surface area contributed by atoms with Crippen LogP contribution < -0.4 is 15.4 Å². The quantitative estimate of drug-likeness (QED) is 0.823. The average Bonchev–Trinajstić information content (AvgIpc) is 2.38. The Morgan fingerprint density at radius 3 is 2.68 bits per heavy atom. The number of aromatic nitrogens is 1. The SMILES string of the molecule is CCOC(=O)NC(=S)Nc1nc(OCC(F)(F)F)ccc1C. The molecule has 22 heavy (non-hydrogen) atoms. The zero-order chi connectivity index (χ0) is 16.8. The highest BCUT2D eigenvalue weighted by molar-refractivity contribution is 7.80. The summed E-state index contributed by atoms with van der Waals surface area (Å²) in [5.74, 6) is -0.0502. The van der Waals surface area contributed by atoms with E-state index >= 15 is 0 Å². The molecular formula is C12H14F3N3O3S. The summed E-state index contributed by atoms with van der Waals surface area (Å²) in [5.41, 5.74) is 0.604. The van der Waals surface area contributed by atoms with Gasteiger partial charge in [-0.1, -0.05) is 6.07 Å². The van der Waals surface area contributed by atoms with Crippen molar-refractivity contribution in [2.75, 3.05) is 18.5 Å². The van der Waals surface area contributed by atoms with Gasteiger partial charge >= 0.3 is 12.3 Å². The van der Waals surface area contributed by atoms with Crippen molar-refractivity contribution in [1.29, 1.82) is 0 Å². The third-order valence-corrected chi connectivity index (χ3v) is 2.38. The summed E-state index contributed by atoms with van der Waals surface area (Å²) in [4.78, 5) is 15.0. The molecule has 0 saturated heterocycles. The number of ether oxygens (including phenoxy) is 2. The Morgan fingerprint density at radius 2 is 2.09 bits per heavy atom. The molecule has 0 unspecified atom stereocenters. The monoisotopic (exact) mass is 337 g/mol. The molecule has 2 N–H and O–H groups in total. The molecule has 0 spiro atoms. The molecule has 1 aromatic heterocycles. The zero-order valence-corrected chi connectivity index (χ0v) is 12.6. The Hall–Kier alpha value is -2.10. The number of carbonyl (C=O) groups is 1. The van der Waals surface area contributed by atoms with Gasteiger partial charge in [0.2, 0.25) is 5.88 Å². The fourth-order valence-corrected chi connectivity index (χ4v) is 1.45. The molecule has 1 amide bonds. The summed E-state index contributed by atoms with van der Waals surface area (Å²) in [6.07, 6.45) is -5.21. The van der Waals surface area contributed by atoms with Crippen LogP contribution in [0.25, 0.3) is 0 Å². The number of nitrogens with zero attached hydrogens (tertiary/aromatic N) is 1. The van der Waals surface area contributed by atoms with E-state index in [0.29, 0.717) is 5.56 Å². The second-order valence-electron chi connectivity index (χ2n) is 4.02. The van der Waals surface area contributed by atoms with Crippen LogP contribution in [0.3, 0.4) is 0 Å². The highest BCUT2D eigenvalue weighted by Gasteiger charge is 2.28. The van der Waals surface area contributed by atoms with Crippen molar-refractivity contribution >= 4 is 29.2 Å². The number of hydrogen-bond acceptors (Lipinski definition) is 5. The van der Waals surface area contributed by atoms with Crippen molar-refractivity contribution < 1.29 is 27.4 Å². The van der Waals surface area contributed by atoms with Gasteiger partial charge in [0, 0.05) is 6.07 Å². The second-order valence-corrected chi connectivity index (χ2v) is 4.43. The molecule has 0 bridgehead atoms. The van der Waals surface area contributed by atoms with Gasteiger partial charge in [-0.3, -0.25) is 5.32 Å². The predicted molar refractivity (Wildman–Crippen MR) is 76.9 cm³/mol. The number of alkyl halides is 3. The molecule has 0 fully saturated rings. The van der Waals surface area contributed by atoms with Crippen molar-refractivity contribution in [2.45, 2.75) is 20.0 Å². The lowest BCUT2D eigenvalue weighted by atomic mass is 10.3. The highest BCUT2D eigenvalue weighted by atomic mass is 32.1. The number of pyridine rings is 1. The van der Waals surface area contributed by atoms with Crippen LogP contribution in [0.2, 0.25) is 0 Å². The number of rotatable bonds is 4. The molecule has 122 valence electrons. The van der Waals surface area contributed by atoms with Gasteiger partial charge < -0.3 is 14.8 Å². The number of alkyl carbamates (subject to hydrolysis) is 1. The maximum Gasteiger partial charge on any atom is 0.422 e. The van der Waals surface area contributed by atoms with Crippen LogP contribution in [0.5, 0.6) is 5.88 Å². The number of carbonyl (C=O) groups excluding carboxylic acids is 1. The third-order valence-electron chi connectivity index (χ3n) is 2.18. The molecule has 6 nitrogen and oxygen atoms in total. The summed E-state index contributed by atoms with van der Waals surface area (Å²) in [5, 5.41) is 4.72. The van der Waals surface area contributed by atoms with E-state index < -0.39 is 18.9 Å². The fraction of sp³-hybridized carbons (Fsp3) is 0.417. The molecule has 1 aromatic rings. The molecule has 0 saturated carbocycles. The topological polar surface area (TPSA) is 72.5 Å². The lowest BCUT2D eigenvalue weighted by Crippen LogP contribution is -2.35. The van der Waals surface area contributed by atoms with Crippen LogP contribution in [-0.4, -0.2) is 35.6 Å². The van der Waals surface area contributed by atoms with Gasteiger partial charge in [-0.25, -0.2) is 4.79 Å². The molecule has 0 aliphatic heterocycles. The summed E-state index contributed by atoms with van der Waals surface area (Å²) in [6, 6.07) is 2.81. The van der Waals surface area contributed by atoms with E-state index in [1.54, 1.807) is 13.8 Å².